The van der Waals surface area contributed by atoms with Gasteiger partial charge in [0.1, 0.15) is 11.6 Å². The first-order valence-electron chi connectivity index (χ1n) is 7.21. The quantitative estimate of drug-likeness (QED) is 0.715. The number of piperazine rings is 1. The Morgan fingerprint density at radius 1 is 1.15 bits per heavy atom. The van der Waals surface area contributed by atoms with Gasteiger partial charge in [-0.05, 0) is 48.3 Å². The first-order valence-corrected chi connectivity index (χ1v) is 8.01. The lowest BCUT2D eigenvalue weighted by molar-refractivity contribution is 0.115. The van der Waals surface area contributed by atoms with Gasteiger partial charge >= 0.3 is 0 Å². The second-order valence-electron chi connectivity index (χ2n) is 5.86. The van der Waals surface area contributed by atoms with E-state index in [0.717, 1.165) is 26.1 Å². The van der Waals surface area contributed by atoms with Crippen molar-refractivity contribution >= 4 is 21.6 Å². The molecular formula is C15H19BrF2N2. The van der Waals surface area contributed by atoms with Crippen molar-refractivity contribution in [2.45, 2.75) is 38.3 Å². The highest BCUT2D eigenvalue weighted by atomic mass is 79.9. The molecule has 1 aromatic rings. The van der Waals surface area contributed by atoms with E-state index in [-0.39, 0.29) is 16.3 Å². The zero-order valence-corrected chi connectivity index (χ0v) is 13.2. The lowest BCUT2D eigenvalue weighted by atomic mass is 9.96. The third-order valence-electron chi connectivity index (χ3n) is 4.49. The standard InChI is InChI=1S/C15H19BrF2N2/c1-10-8-19-5-3-2-4-11(19)9-20(10)15-7-13(17)12(16)6-14(15)18/h6-7,10-11H,2-5,8-9H2,1H3. The van der Waals surface area contributed by atoms with Crippen LogP contribution in [-0.4, -0.2) is 36.6 Å². The molecule has 0 N–H and O–H groups in total. The van der Waals surface area contributed by atoms with E-state index in [1.165, 1.54) is 25.0 Å². The summed E-state index contributed by atoms with van der Waals surface area (Å²) in [6.07, 6.45) is 3.65. The smallest absolute Gasteiger partial charge is 0.147 e. The molecule has 2 unspecified atom stereocenters. The molecule has 2 fully saturated rings. The summed E-state index contributed by atoms with van der Waals surface area (Å²) in [5, 5.41) is 0. The largest absolute Gasteiger partial charge is 0.364 e. The molecule has 5 heteroatoms. The molecular weight excluding hydrogens is 326 g/mol. The van der Waals surface area contributed by atoms with Crippen LogP contribution in [0.15, 0.2) is 16.6 Å². The van der Waals surface area contributed by atoms with Gasteiger partial charge < -0.3 is 4.90 Å². The molecule has 2 nitrogen and oxygen atoms in total. The molecule has 0 aliphatic carbocycles. The van der Waals surface area contributed by atoms with Crippen LogP contribution in [0, 0.1) is 11.6 Å². The Bertz CT molecular complexity index is 509. The van der Waals surface area contributed by atoms with Crippen LogP contribution in [0.1, 0.15) is 26.2 Å². The Labute approximate surface area is 126 Å². The molecule has 20 heavy (non-hydrogen) atoms. The van der Waals surface area contributed by atoms with Gasteiger partial charge in [0, 0.05) is 31.2 Å². The normalized spacial score (nSPS) is 27.5. The van der Waals surface area contributed by atoms with Gasteiger partial charge in [-0.2, -0.15) is 0 Å². The second kappa shape index (κ2) is 5.60. The van der Waals surface area contributed by atoms with Crippen LogP contribution in [0.25, 0.3) is 0 Å². The van der Waals surface area contributed by atoms with Crippen molar-refractivity contribution in [2.75, 3.05) is 24.5 Å². The van der Waals surface area contributed by atoms with Crippen molar-refractivity contribution in [3.8, 4) is 0 Å². The Morgan fingerprint density at radius 2 is 1.95 bits per heavy atom. The number of rotatable bonds is 1. The number of nitrogens with zero attached hydrogens (tertiary/aromatic N) is 2. The molecule has 2 aliphatic heterocycles. The van der Waals surface area contributed by atoms with Crippen LogP contribution >= 0.6 is 15.9 Å². The summed E-state index contributed by atoms with van der Waals surface area (Å²) >= 11 is 3.03. The summed E-state index contributed by atoms with van der Waals surface area (Å²) in [6, 6.07) is 3.23. The molecule has 0 amide bonds. The summed E-state index contributed by atoms with van der Waals surface area (Å²) < 4.78 is 28.1. The average molecular weight is 345 g/mol. The highest BCUT2D eigenvalue weighted by Crippen LogP contribution is 2.32. The molecule has 0 spiro atoms. The predicted octanol–water partition coefficient (Wildman–Crippen LogP) is 3.79. The van der Waals surface area contributed by atoms with Crippen molar-refractivity contribution < 1.29 is 8.78 Å². The molecule has 2 saturated heterocycles. The maximum Gasteiger partial charge on any atom is 0.147 e. The first-order chi connectivity index (χ1) is 9.56. The van der Waals surface area contributed by atoms with Crippen molar-refractivity contribution in [1.29, 1.82) is 0 Å². The monoisotopic (exact) mass is 344 g/mol. The second-order valence-corrected chi connectivity index (χ2v) is 6.72. The number of halogens is 3. The van der Waals surface area contributed by atoms with Gasteiger partial charge in [-0.15, -0.1) is 0 Å². The number of hydrogen-bond donors (Lipinski definition) is 0. The number of fused-ring (bicyclic) bond motifs is 1. The fourth-order valence-electron chi connectivity index (χ4n) is 3.42. The summed E-state index contributed by atoms with van der Waals surface area (Å²) in [5.74, 6) is -0.756. The fraction of sp³-hybridized carbons (Fsp3) is 0.600. The van der Waals surface area contributed by atoms with Gasteiger partial charge in [0.2, 0.25) is 0 Å². The number of anilines is 1. The Hall–Kier alpha value is -0.680. The maximum atomic E-state index is 14.2. The lowest BCUT2D eigenvalue weighted by Crippen LogP contribution is -2.59. The van der Waals surface area contributed by atoms with E-state index in [9.17, 15) is 8.78 Å². The third kappa shape index (κ3) is 2.58. The molecule has 2 heterocycles. The van der Waals surface area contributed by atoms with E-state index < -0.39 is 5.82 Å². The van der Waals surface area contributed by atoms with Crippen LogP contribution < -0.4 is 4.90 Å². The summed E-state index contributed by atoms with van der Waals surface area (Å²) in [5.41, 5.74) is 0.392. The summed E-state index contributed by atoms with van der Waals surface area (Å²) in [4.78, 5) is 4.52. The highest BCUT2D eigenvalue weighted by Gasteiger charge is 2.34. The van der Waals surface area contributed by atoms with Gasteiger partial charge in [0.15, 0.2) is 0 Å². The van der Waals surface area contributed by atoms with Gasteiger partial charge in [-0.25, -0.2) is 8.78 Å². The zero-order chi connectivity index (χ0) is 14.3. The molecule has 0 radical (unpaired) electrons. The Balaban J connectivity index is 1.88. The Morgan fingerprint density at radius 3 is 2.75 bits per heavy atom. The van der Waals surface area contributed by atoms with Crippen LogP contribution in [0.4, 0.5) is 14.5 Å². The minimum Gasteiger partial charge on any atom is -0.364 e. The molecule has 1 aromatic carbocycles. The molecule has 2 atom stereocenters. The predicted molar refractivity (Wildman–Crippen MR) is 80.1 cm³/mol. The van der Waals surface area contributed by atoms with Gasteiger partial charge in [-0.3, -0.25) is 4.90 Å². The van der Waals surface area contributed by atoms with Crippen LogP contribution in [0.3, 0.4) is 0 Å². The maximum absolute atomic E-state index is 14.2. The molecule has 3 rings (SSSR count). The van der Waals surface area contributed by atoms with Gasteiger partial charge in [0.05, 0.1) is 10.2 Å². The summed E-state index contributed by atoms with van der Waals surface area (Å²) in [6.45, 7) is 4.95. The lowest BCUT2D eigenvalue weighted by Gasteiger charge is -2.48. The number of piperidine rings is 1. The minimum atomic E-state index is -0.403. The van der Waals surface area contributed by atoms with E-state index in [2.05, 4.69) is 27.8 Å². The van der Waals surface area contributed by atoms with Crippen LogP contribution in [0.2, 0.25) is 0 Å². The number of benzene rings is 1. The topological polar surface area (TPSA) is 6.48 Å². The zero-order valence-electron chi connectivity index (χ0n) is 11.6. The van der Waals surface area contributed by atoms with E-state index in [1.807, 2.05) is 4.90 Å². The minimum absolute atomic E-state index is 0.183. The van der Waals surface area contributed by atoms with E-state index in [1.54, 1.807) is 0 Å². The van der Waals surface area contributed by atoms with E-state index in [4.69, 9.17) is 0 Å². The SMILES string of the molecule is CC1CN2CCCCC2CN1c1cc(F)c(Br)cc1F. The fourth-order valence-corrected chi connectivity index (χ4v) is 3.74. The van der Waals surface area contributed by atoms with Crippen molar-refractivity contribution in [2.24, 2.45) is 0 Å². The first kappa shape index (κ1) is 14.3. The van der Waals surface area contributed by atoms with Gasteiger partial charge in [-0.1, -0.05) is 6.42 Å². The molecule has 0 aromatic heterocycles. The van der Waals surface area contributed by atoms with E-state index >= 15 is 0 Å². The average Bonchev–Trinajstić information content (AvgIpc) is 2.42. The van der Waals surface area contributed by atoms with Crippen molar-refractivity contribution in [1.82, 2.24) is 4.90 Å². The molecule has 110 valence electrons. The van der Waals surface area contributed by atoms with Crippen LogP contribution in [-0.2, 0) is 0 Å². The molecule has 0 bridgehead atoms. The molecule has 2 aliphatic rings. The highest BCUT2D eigenvalue weighted by molar-refractivity contribution is 9.10. The van der Waals surface area contributed by atoms with Crippen molar-refractivity contribution in [3.05, 3.63) is 28.2 Å². The Kier molecular flexibility index (Phi) is 4.00. The number of hydrogen-bond acceptors (Lipinski definition) is 2. The van der Waals surface area contributed by atoms with Crippen molar-refractivity contribution in [3.63, 3.8) is 0 Å². The molecule has 0 saturated carbocycles. The third-order valence-corrected chi connectivity index (χ3v) is 5.09. The van der Waals surface area contributed by atoms with Gasteiger partial charge in [0.25, 0.3) is 0 Å². The summed E-state index contributed by atoms with van der Waals surface area (Å²) in [7, 11) is 0. The van der Waals surface area contributed by atoms with E-state index in [0.29, 0.717) is 11.7 Å². The van der Waals surface area contributed by atoms with Crippen LogP contribution in [0.5, 0.6) is 0 Å².